The summed E-state index contributed by atoms with van der Waals surface area (Å²) in [5.41, 5.74) is 7.50. The van der Waals surface area contributed by atoms with Crippen molar-refractivity contribution in [1.29, 1.82) is 0 Å². The minimum absolute atomic E-state index is 0.0727. The summed E-state index contributed by atoms with van der Waals surface area (Å²) in [6.07, 6.45) is 10.1. The van der Waals surface area contributed by atoms with Gasteiger partial charge in [0, 0.05) is 6.42 Å². The van der Waals surface area contributed by atoms with Gasteiger partial charge in [0.05, 0.1) is 11.8 Å². The zero-order valence-corrected chi connectivity index (χ0v) is 20.8. The standard InChI is InChI=1S/C26H39N3O6/c1-25-11-9-16(29-35-14-23(32)28-20(24(33)34)6-8-22(27)31)13-15(25)3-4-17-18-5-7-21(30)26(18,2)12-10-19(17)25/h13,17-21,30H,3-12,14H2,1-2H3,(H2,27,31)(H,28,32)(H,33,34)/b29-16-/t17-,18-,19-,20+,21-,25-,26-/m0/s1. The van der Waals surface area contributed by atoms with Crippen LogP contribution < -0.4 is 11.1 Å². The predicted octanol–water partition coefficient (Wildman–Crippen LogP) is 2.52. The Morgan fingerprint density at radius 2 is 1.94 bits per heavy atom. The average molecular weight is 490 g/mol. The molecule has 9 heteroatoms. The van der Waals surface area contributed by atoms with Gasteiger partial charge in [-0.3, -0.25) is 9.59 Å². The highest BCUT2D eigenvalue weighted by atomic mass is 16.6. The molecule has 194 valence electrons. The lowest BCUT2D eigenvalue weighted by atomic mass is 9.47. The number of fused-ring (bicyclic) bond motifs is 5. The highest BCUT2D eigenvalue weighted by molar-refractivity contribution is 5.96. The van der Waals surface area contributed by atoms with Crippen molar-refractivity contribution in [2.75, 3.05) is 6.61 Å². The average Bonchev–Trinajstić information content (AvgIpc) is 3.11. The number of allylic oxidation sites excluding steroid dienone is 2. The Morgan fingerprint density at radius 1 is 1.17 bits per heavy atom. The summed E-state index contributed by atoms with van der Waals surface area (Å²) in [4.78, 5) is 39.5. The summed E-state index contributed by atoms with van der Waals surface area (Å²) in [7, 11) is 0. The van der Waals surface area contributed by atoms with Crippen molar-refractivity contribution in [3.05, 3.63) is 11.6 Å². The number of primary amides is 1. The third kappa shape index (κ3) is 4.97. The van der Waals surface area contributed by atoms with Crippen LogP contribution in [0, 0.1) is 28.6 Å². The number of nitrogens with zero attached hydrogens (tertiary/aromatic N) is 1. The zero-order chi connectivity index (χ0) is 25.4. The normalized spacial score (nSPS) is 37.9. The van der Waals surface area contributed by atoms with Crippen molar-refractivity contribution in [3.63, 3.8) is 0 Å². The molecular weight excluding hydrogens is 450 g/mol. The van der Waals surface area contributed by atoms with E-state index >= 15 is 0 Å². The van der Waals surface area contributed by atoms with Crippen LogP contribution in [0.5, 0.6) is 0 Å². The number of carboxylic acid groups (broad SMARTS) is 1. The third-order valence-corrected chi connectivity index (χ3v) is 9.62. The molecular formula is C26H39N3O6. The number of carbonyl (C=O) groups is 3. The number of rotatable bonds is 8. The fourth-order valence-corrected chi connectivity index (χ4v) is 7.57. The molecule has 4 rings (SSSR count). The Balaban J connectivity index is 1.35. The number of carboxylic acids is 1. The monoisotopic (exact) mass is 489 g/mol. The molecule has 0 spiro atoms. The van der Waals surface area contributed by atoms with Crippen molar-refractivity contribution in [2.24, 2.45) is 39.5 Å². The highest BCUT2D eigenvalue weighted by Gasteiger charge is 2.58. The molecule has 0 aromatic carbocycles. The number of nitrogens with two attached hydrogens (primary N) is 1. The predicted molar refractivity (Wildman–Crippen MR) is 129 cm³/mol. The summed E-state index contributed by atoms with van der Waals surface area (Å²) < 4.78 is 0. The Bertz CT molecular complexity index is 932. The molecule has 5 N–H and O–H groups in total. The van der Waals surface area contributed by atoms with Crippen LogP contribution in [0.3, 0.4) is 0 Å². The molecule has 2 amide bonds. The molecule has 9 nitrogen and oxygen atoms in total. The second-order valence-corrected chi connectivity index (χ2v) is 11.5. The Hall–Kier alpha value is -2.42. The van der Waals surface area contributed by atoms with E-state index in [0.717, 1.165) is 57.1 Å². The number of carbonyl (C=O) groups excluding carboxylic acids is 2. The molecule has 0 saturated heterocycles. The molecule has 0 heterocycles. The molecule has 0 aliphatic heterocycles. The highest BCUT2D eigenvalue weighted by Crippen LogP contribution is 2.65. The second kappa shape index (κ2) is 9.91. The van der Waals surface area contributed by atoms with Crippen LogP contribution in [-0.2, 0) is 19.2 Å². The summed E-state index contributed by atoms with van der Waals surface area (Å²) in [5, 5.41) is 26.4. The van der Waals surface area contributed by atoms with E-state index in [2.05, 4.69) is 30.4 Å². The van der Waals surface area contributed by atoms with Gasteiger partial charge in [-0.1, -0.05) is 24.6 Å². The van der Waals surface area contributed by atoms with Gasteiger partial charge in [0.2, 0.25) is 5.91 Å². The fourth-order valence-electron chi connectivity index (χ4n) is 7.57. The SMILES string of the molecule is C[C@]12CC[C@H]3[C@@H](CCC4=C/C(=N\OCC(=O)N[C@H](CCC(N)=O)C(=O)O)CC[C@@]43C)[C@@H]1CC[C@@H]2O. The molecule has 4 aliphatic carbocycles. The first-order valence-electron chi connectivity index (χ1n) is 12.9. The third-order valence-electron chi connectivity index (χ3n) is 9.62. The van der Waals surface area contributed by atoms with Gasteiger partial charge in [-0.05, 0) is 92.4 Å². The van der Waals surface area contributed by atoms with Gasteiger partial charge < -0.3 is 26.1 Å². The minimum Gasteiger partial charge on any atom is -0.480 e. The Kier molecular flexibility index (Phi) is 7.27. The lowest BCUT2D eigenvalue weighted by Crippen LogP contribution is -2.51. The molecule has 35 heavy (non-hydrogen) atoms. The molecule has 0 unspecified atom stereocenters. The van der Waals surface area contributed by atoms with Crippen LogP contribution in [0.4, 0.5) is 0 Å². The maximum Gasteiger partial charge on any atom is 0.326 e. The second-order valence-electron chi connectivity index (χ2n) is 11.5. The lowest BCUT2D eigenvalue weighted by Gasteiger charge is -2.57. The van der Waals surface area contributed by atoms with E-state index in [0.29, 0.717) is 17.8 Å². The number of aliphatic hydroxyl groups excluding tert-OH is 1. The lowest BCUT2D eigenvalue weighted by molar-refractivity contribution is -0.142. The first kappa shape index (κ1) is 25.7. The van der Waals surface area contributed by atoms with Gasteiger partial charge in [0.15, 0.2) is 6.61 Å². The van der Waals surface area contributed by atoms with Gasteiger partial charge >= 0.3 is 5.97 Å². The maximum atomic E-state index is 12.1. The number of aliphatic carboxylic acids is 1. The smallest absolute Gasteiger partial charge is 0.326 e. The van der Waals surface area contributed by atoms with Crippen LogP contribution >= 0.6 is 0 Å². The Labute approximate surface area is 206 Å². The number of oxime groups is 1. The summed E-state index contributed by atoms with van der Waals surface area (Å²) in [6, 6.07) is -1.20. The first-order chi connectivity index (χ1) is 16.5. The summed E-state index contributed by atoms with van der Waals surface area (Å²) in [5.74, 6) is -0.542. The molecule has 0 radical (unpaired) electrons. The van der Waals surface area contributed by atoms with E-state index in [4.69, 9.17) is 10.6 Å². The van der Waals surface area contributed by atoms with Crippen LogP contribution in [0.2, 0.25) is 0 Å². The summed E-state index contributed by atoms with van der Waals surface area (Å²) in [6.45, 7) is 4.30. The number of aliphatic hydroxyl groups is 1. The quantitative estimate of drug-likeness (QED) is 0.385. The van der Waals surface area contributed by atoms with Gasteiger partial charge in [-0.2, -0.15) is 0 Å². The number of hydrogen-bond acceptors (Lipinski definition) is 6. The topological polar surface area (TPSA) is 151 Å². The van der Waals surface area contributed by atoms with E-state index in [1.807, 2.05) is 0 Å². The largest absolute Gasteiger partial charge is 0.480 e. The molecule has 4 aliphatic rings. The number of amides is 2. The van der Waals surface area contributed by atoms with Crippen LogP contribution in [0.15, 0.2) is 16.8 Å². The molecule has 0 aromatic rings. The van der Waals surface area contributed by atoms with Gasteiger partial charge in [-0.15, -0.1) is 0 Å². The van der Waals surface area contributed by atoms with Gasteiger partial charge in [0.25, 0.3) is 5.91 Å². The van der Waals surface area contributed by atoms with Crippen molar-refractivity contribution in [3.8, 4) is 0 Å². The van der Waals surface area contributed by atoms with Crippen LogP contribution in [0.25, 0.3) is 0 Å². The zero-order valence-electron chi connectivity index (χ0n) is 20.8. The molecule has 3 saturated carbocycles. The first-order valence-corrected chi connectivity index (χ1v) is 12.9. The van der Waals surface area contributed by atoms with Gasteiger partial charge in [-0.25, -0.2) is 4.79 Å². The maximum absolute atomic E-state index is 12.1. The Morgan fingerprint density at radius 3 is 2.66 bits per heavy atom. The molecule has 3 fully saturated rings. The molecule has 0 aromatic heterocycles. The van der Waals surface area contributed by atoms with E-state index < -0.39 is 30.4 Å². The van der Waals surface area contributed by atoms with Crippen molar-refractivity contribution in [1.82, 2.24) is 5.32 Å². The number of hydrogen-bond donors (Lipinski definition) is 4. The van der Waals surface area contributed by atoms with Crippen molar-refractivity contribution in [2.45, 2.75) is 90.2 Å². The van der Waals surface area contributed by atoms with Crippen molar-refractivity contribution < 1.29 is 29.4 Å². The fraction of sp³-hybridized carbons (Fsp3) is 0.769. The molecule has 7 atom stereocenters. The van der Waals surface area contributed by atoms with E-state index in [1.54, 1.807) is 0 Å². The van der Waals surface area contributed by atoms with E-state index in [-0.39, 0.29) is 29.8 Å². The number of nitrogens with one attached hydrogen (secondary N) is 1. The van der Waals surface area contributed by atoms with E-state index in [1.165, 1.54) is 5.57 Å². The van der Waals surface area contributed by atoms with Crippen LogP contribution in [-0.4, -0.2) is 52.5 Å². The van der Waals surface area contributed by atoms with Gasteiger partial charge in [0.1, 0.15) is 6.04 Å². The van der Waals surface area contributed by atoms with Crippen molar-refractivity contribution >= 4 is 23.5 Å². The van der Waals surface area contributed by atoms with E-state index in [9.17, 15) is 24.6 Å². The summed E-state index contributed by atoms with van der Waals surface area (Å²) >= 11 is 0. The molecule has 0 bridgehead atoms. The van der Waals surface area contributed by atoms with Crippen LogP contribution in [0.1, 0.15) is 78.1 Å². The minimum atomic E-state index is -1.23.